The molecule has 121 heavy (non-hydrogen) atoms. The molecule has 0 radical (unpaired) electrons. The Bertz CT molecular complexity index is 5300. The summed E-state index contributed by atoms with van der Waals surface area (Å²) in [6.45, 7) is 38.1. The number of aromatic carboxylic acids is 1. The average molecular weight is 1660 g/mol. The normalized spacial score (nSPS) is 16.5. The zero-order valence-electron chi connectivity index (χ0n) is 72.5. The fourth-order valence-corrected chi connectivity index (χ4v) is 16.5. The molecule has 0 aromatic carbocycles. The number of carboxylic acid groups (broad SMARTS) is 1. The molecule has 32 heteroatoms. The third kappa shape index (κ3) is 23.5. The summed E-state index contributed by atoms with van der Waals surface area (Å²) in [6, 6.07) is 16.0. The second-order valence-corrected chi connectivity index (χ2v) is 31.3. The zero-order valence-corrected chi connectivity index (χ0v) is 72.5. The molecule has 3 atom stereocenters. The number of hydrogen-bond donors (Lipinski definition) is 7. The number of nitrogens with one attached hydrogen (secondary N) is 6. The maximum atomic E-state index is 13.6. The van der Waals surface area contributed by atoms with E-state index >= 15 is 0 Å². The summed E-state index contributed by atoms with van der Waals surface area (Å²) < 4.78 is 42.8. The summed E-state index contributed by atoms with van der Waals surface area (Å²) in [5, 5.41) is 18.3. The maximum Gasteiger partial charge on any atom is 1.00 e. The van der Waals surface area contributed by atoms with Crippen LogP contribution in [0.1, 0.15) is 217 Å². The van der Waals surface area contributed by atoms with Crippen LogP contribution >= 0.6 is 0 Å². The molecule has 31 nitrogen and oxygen atoms in total. The van der Waals surface area contributed by atoms with Gasteiger partial charge in [-0.05, 0) is 203 Å². The van der Waals surface area contributed by atoms with Gasteiger partial charge < -0.3 is 92.7 Å². The third-order valence-corrected chi connectivity index (χ3v) is 23.1. The number of esters is 1. The number of hydrogen-bond acceptors (Lipinski definition) is 20. The Balaban J connectivity index is 0.000000192. The Hall–Kier alpha value is -9.85. The number of carbonyl (C=O) groups excluding carboxylic acids is 5. The van der Waals surface area contributed by atoms with Crippen LogP contribution in [0.2, 0.25) is 0 Å². The maximum absolute atomic E-state index is 13.6. The van der Waals surface area contributed by atoms with Gasteiger partial charge in [0.15, 0.2) is 0 Å². The van der Waals surface area contributed by atoms with Crippen molar-refractivity contribution in [2.45, 2.75) is 153 Å². The molecule has 648 valence electrons. The van der Waals surface area contributed by atoms with Gasteiger partial charge in [-0.2, -0.15) is 0 Å². The number of aromatic nitrogens is 6. The van der Waals surface area contributed by atoms with Gasteiger partial charge in [0.2, 0.25) is 0 Å². The van der Waals surface area contributed by atoms with Gasteiger partial charge in [0.25, 0.3) is 40.3 Å². The van der Waals surface area contributed by atoms with Gasteiger partial charge in [-0.25, -0.2) is 9.59 Å². The molecule has 6 aliphatic rings. The van der Waals surface area contributed by atoms with Crippen LogP contribution in [-0.2, 0) is 52.8 Å². The fraction of sp³-hybridized carbons (Fsp3) is 0.494. The van der Waals surface area contributed by atoms with Gasteiger partial charge in [-0.3, -0.25) is 48.3 Å². The summed E-state index contributed by atoms with van der Waals surface area (Å²) in [7, 11) is 1.35. The number of pyridine rings is 6. The smallest absolute Gasteiger partial charge is 0.870 e. The first-order chi connectivity index (χ1) is 57.1. The summed E-state index contributed by atoms with van der Waals surface area (Å²) in [6.07, 6.45) is 11.7. The molecule has 9 aromatic rings. The molecule has 6 aliphatic heterocycles. The first-order valence-corrected chi connectivity index (χ1v) is 41.3. The number of carbonyl (C=O) groups is 6. The number of aromatic amines is 3. The number of fused-ring (bicyclic) bond motifs is 3. The molecule has 0 aliphatic carbocycles. The van der Waals surface area contributed by atoms with E-state index in [1.165, 1.54) is 39.2 Å². The van der Waals surface area contributed by atoms with Crippen LogP contribution < -0.4 is 51.5 Å². The molecule has 3 unspecified atom stereocenters. The number of aryl methyl sites for hydroxylation is 6. The second-order valence-electron chi connectivity index (χ2n) is 31.3. The van der Waals surface area contributed by atoms with E-state index in [1.807, 2.05) is 113 Å². The summed E-state index contributed by atoms with van der Waals surface area (Å²) in [5.74, 6) is -2.34. The van der Waals surface area contributed by atoms with Crippen molar-refractivity contribution >= 4 is 52.1 Å². The van der Waals surface area contributed by atoms with Crippen molar-refractivity contribution in [1.82, 2.24) is 63.7 Å². The SMILES string of the molecule is C1CCOC1.C1CCOCC1.COC(=O)c1cc2cc(C(=O)NCc3c(C)cc(C)[nH]c3=O)c(C)c(C(C)N3CCOCC3)n2c1.Cc1cc(C)c(CNC(=O)c2cc3cc(C(=O)N4CCOCC4)cn3c(C(C)N3CCOCC3)c2C)c(=O)[nH]1.Cc1cc(C)c(CNC(=O)c2cc3cc(C(=O)O)cn3c(C(C)N3CCOCC3)c2C)c(=O)[nH]1.[Li+].[OH-]. The minimum absolute atomic E-state index is 0. The van der Waals surface area contributed by atoms with Crippen LogP contribution in [0.15, 0.2) is 87.6 Å². The number of H-pyrrole nitrogens is 3. The Morgan fingerprint density at radius 1 is 0.405 bits per heavy atom. The molecule has 0 spiro atoms. The van der Waals surface area contributed by atoms with Gasteiger partial charge in [-0.15, -0.1) is 0 Å². The van der Waals surface area contributed by atoms with Crippen molar-refractivity contribution in [2.75, 3.05) is 139 Å². The number of carboxylic acids is 1. The predicted molar refractivity (Wildman–Crippen MR) is 454 cm³/mol. The second kappa shape index (κ2) is 44.3. The summed E-state index contributed by atoms with van der Waals surface area (Å²) in [4.78, 5) is 132. The molecule has 15 heterocycles. The van der Waals surface area contributed by atoms with E-state index in [4.69, 9.17) is 33.2 Å². The molecule has 6 fully saturated rings. The minimum atomic E-state index is -1.02. The van der Waals surface area contributed by atoms with Crippen LogP contribution in [-0.4, -0.2) is 233 Å². The van der Waals surface area contributed by atoms with Gasteiger partial charge >= 0.3 is 30.8 Å². The van der Waals surface area contributed by atoms with Crippen LogP contribution in [0, 0.1) is 62.3 Å². The number of morpholine rings is 4. The van der Waals surface area contributed by atoms with Gasteiger partial charge in [-0.1, -0.05) is 0 Å². The van der Waals surface area contributed by atoms with Crippen molar-refractivity contribution in [1.29, 1.82) is 0 Å². The largest absolute Gasteiger partial charge is 1.00 e. The van der Waals surface area contributed by atoms with E-state index in [9.17, 15) is 48.3 Å². The van der Waals surface area contributed by atoms with Crippen molar-refractivity contribution < 1.29 is 91.4 Å². The molecular weight excluding hydrogens is 1550 g/mol. The van der Waals surface area contributed by atoms with E-state index in [2.05, 4.69) is 70.8 Å². The van der Waals surface area contributed by atoms with Crippen LogP contribution in [0.3, 0.4) is 0 Å². The number of nitrogens with zero attached hydrogens (tertiary/aromatic N) is 7. The molecule has 0 bridgehead atoms. The van der Waals surface area contributed by atoms with Crippen LogP contribution in [0.25, 0.3) is 16.6 Å². The summed E-state index contributed by atoms with van der Waals surface area (Å²) in [5.41, 5.74) is 15.7. The quantitative estimate of drug-likeness (QED) is 0.0361. The van der Waals surface area contributed by atoms with Gasteiger partial charge in [0, 0.05) is 219 Å². The van der Waals surface area contributed by atoms with E-state index in [0.29, 0.717) is 116 Å². The van der Waals surface area contributed by atoms with E-state index in [1.54, 1.807) is 36.7 Å². The van der Waals surface area contributed by atoms with Crippen molar-refractivity contribution in [3.63, 3.8) is 0 Å². The molecule has 0 saturated carbocycles. The summed E-state index contributed by atoms with van der Waals surface area (Å²) >= 11 is 0. The molecule has 4 amide bonds. The van der Waals surface area contributed by atoms with Crippen LogP contribution in [0.4, 0.5) is 0 Å². The monoisotopic (exact) mass is 1660 g/mol. The minimum Gasteiger partial charge on any atom is -0.870 e. The van der Waals surface area contributed by atoms with E-state index in [-0.39, 0.29) is 108 Å². The standard InChI is InChI=1S/C29H37N5O5.C26H32N4O5.C25H30N4O5.C5H10O.C4H8O.Li.H2O/c1-18-13-19(2)31-28(36)25(18)16-30-27(35)24-15-23-14-22(29(37)33-7-11-39-12-8-33)17-34(23)26(20(24)3)21(4)32-5-9-38-10-6-32;1-15-10-16(2)28-25(32)22(15)13-27-24(31)21-12-20-11-19(26(33)34-5)14-30(20)23(17(21)3)18(4)29-6-8-35-9-7-29;1-14-9-15(2)27-24(31)21(14)12-26-23(30)20-11-19-10-18(25(32)33)13-29(19)22(16(20)3)17(4)28-5-7-34-8-6-28;1-2-4-6-5-3-1;1-2-4-5-3-1;;/h13-15,17,21H,5-12,16H2,1-4H3,(H,30,35)(H,31,36);10-12,14,18H,6-9,13H2,1-5H3,(H,27,31)(H,28,32);9-11,13,17H,5-8,12H2,1-4H3,(H,26,30)(H,27,31)(H,32,33);1-5H2;1-4H2;;1H2/q;;;;;+1;/p-1. The van der Waals surface area contributed by atoms with Crippen molar-refractivity contribution in [2.24, 2.45) is 0 Å². The van der Waals surface area contributed by atoms with Gasteiger partial charge in [0.05, 0.1) is 76.7 Å². The molecular formula is C89H118LiN13O18. The first-order valence-electron chi connectivity index (χ1n) is 41.3. The molecule has 9 aromatic heterocycles. The molecule has 6 saturated heterocycles. The Morgan fingerprint density at radius 2 is 0.686 bits per heavy atom. The van der Waals surface area contributed by atoms with Crippen LogP contribution in [0.5, 0.6) is 0 Å². The predicted octanol–water partition coefficient (Wildman–Crippen LogP) is 6.40. The molecule has 15 rings (SSSR count). The zero-order chi connectivity index (χ0) is 85.3. The number of amides is 4. The third-order valence-electron chi connectivity index (χ3n) is 23.1. The number of ether oxygens (including phenoxy) is 7. The van der Waals surface area contributed by atoms with Crippen molar-refractivity contribution in [3.05, 3.63) is 222 Å². The Labute approximate surface area is 716 Å². The van der Waals surface area contributed by atoms with E-state index in [0.717, 1.165) is 144 Å². The topological polar surface area (TPSA) is 378 Å². The number of rotatable bonds is 18. The number of methoxy groups -OCH3 is 1. The fourth-order valence-electron chi connectivity index (χ4n) is 16.5. The van der Waals surface area contributed by atoms with E-state index < -0.39 is 11.9 Å². The first kappa shape index (κ1) is 95.0. The Kier molecular flexibility index (Phi) is 34.8. The molecule has 8 N–H and O–H groups in total. The average Bonchev–Trinajstić information content (AvgIpc) is 1.70. The Morgan fingerprint density at radius 3 is 0.975 bits per heavy atom. The van der Waals surface area contributed by atoms with Crippen molar-refractivity contribution in [3.8, 4) is 0 Å². The van der Waals surface area contributed by atoms with Gasteiger partial charge in [0.1, 0.15) is 0 Å².